The lowest BCUT2D eigenvalue weighted by molar-refractivity contribution is 0.0978. The van der Waals surface area contributed by atoms with Crippen LogP contribution in [-0.2, 0) is 20.3 Å². The van der Waals surface area contributed by atoms with Gasteiger partial charge in [-0.25, -0.2) is 0 Å². The summed E-state index contributed by atoms with van der Waals surface area (Å²) in [4.78, 5) is 23.8. The lowest BCUT2D eigenvalue weighted by Gasteiger charge is -2.10. The summed E-state index contributed by atoms with van der Waals surface area (Å²) in [6.07, 6.45) is 1.28. The number of rotatable bonds is 2. The summed E-state index contributed by atoms with van der Waals surface area (Å²) in [7, 11) is 1.60. The van der Waals surface area contributed by atoms with Gasteiger partial charge in [0.1, 0.15) is 5.69 Å². The number of aromatic nitrogens is 1. The largest absolute Gasteiger partial charge is 0.392 e. The van der Waals surface area contributed by atoms with E-state index >= 15 is 0 Å². The van der Waals surface area contributed by atoms with Crippen LogP contribution in [0, 0.1) is 0 Å². The molecule has 1 aromatic rings. The molecule has 0 radical (unpaired) electrons. The molecule has 0 aliphatic heterocycles. The number of Topliss-reactive ketones (excluding diaryl/α,β-unsaturated/α-hetero) is 1. The van der Waals surface area contributed by atoms with E-state index in [1.807, 2.05) is 0 Å². The first-order valence-electron chi connectivity index (χ1n) is 5.22. The SMILES string of the molecule is CC1=CC(=O)c2c(c(CO)c(CO)n2C)C1=O. The summed E-state index contributed by atoms with van der Waals surface area (Å²) < 4.78 is 1.48. The Morgan fingerprint density at radius 1 is 1.24 bits per heavy atom. The van der Waals surface area contributed by atoms with Gasteiger partial charge in [0.2, 0.25) is 5.78 Å². The summed E-state index contributed by atoms with van der Waals surface area (Å²) >= 11 is 0. The molecule has 17 heavy (non-hydrogen) atoms. The van der Waals surface area contributed by atoms with Gasteiger partial charge in [0, 0.05) is 23.9 Å². The molecule has 0 bridgehead atoms. The van der Waals surface area contributed by atoms with Crippen LogP contribution in [0.5, 0.6) is 0 Å². The number of ketones is 2. The van der Waals surface area contributed by atoms with E-state index in [1.54, 1.807) is 14.0 Å². The van der Waals surface area contributed by atoms with E-state index in [0.29, 0.717) is 16.8 Å². The molecule has 0 saturated heterocycles. The van der Waals surface area contributed by atoms with Crippen LogP contribution in [0.25, 0.3) is 0 Å². The van der Waals surface area contributed by atoms with Gasteiger partial charge in [-0.05, 0) is 13.0 Å². The van der Waals surface area contributed by atoms with Gasteiger partial charge in [0.05, 0.1) is 18.8 Å². The second kappa shape index (κ2) is 3.94. The Bertz CT molecular complexity index is 551. The van der Waals surface area contributed by atoms with Crippen molar-refractivity contribution in [2.45, 2.75) is 20.1 Å². The normalized spacial score (nSPS) is 14.9. The predicted octanol–water partition coefficient (Wildman–Crippen LogP) is 0.335. The minimum Gasteiger partial charge on any atom is -0.392 e. The lowest BCUT2D eigenvalue weighted by atomic mass is 9.92. The molecule has 1 aliphatic carbocycles. The van der Waals surface area contributed by atoms with Gasteiger partial charge in [-0.3, -0.25) is 9.59 Å². The zero-order chi connectivity index (χ0) is 12.7. The minimum atomic E-state index is -0.370. The molecule has 2 rings (SSSR count). The van der Waals surface area contributed by atoms with Crippen LogP contribution in [0.3, 0.4) is 0 Å². The molecular formula is C12H13NO4. The highest BCUT2D eigenvalue weighted by Gasteiger charge is 2.32. The molecule has 5 heteroatoms. The number of hydrogen-bond donors (Lipinski definition) is 2. The molecule has 90 valence electrons. The topological polar surface area (TPSA) is 79.5 Å². The van der Waals surface area contributed by atoms with Crippen LogP contribution in [0.15, 0.2) is 11.6 Å². The average Bonchev–Trinajstić information content (AvgIpc) is 2.58. The van der Waals surface area contributed by atoms with E-state index < -0.39 is 0 Å². The Kier molecular flexibility index (Phi) is 2.73. The maximum Gasteiger partial charge on any atom is 0.203 e. The zero-order valence-corrected chi connectivity index (χ0v) is 9.65. The van der Waals surface area contributed by atoms with Crippen LogP contribution in [0.4, 0.5) is 0 Å². The van der Waals surface area contributed by atoms with Crippen molar-refractivity contribution in [3.8, 4) is 0 Å². The highest BCUT2D eigenvalue weighted by molar-refractivity contribution is 6.24. The van der Waals surface area contributed by atoms with Gasteiger partial charge in [-0.1, -0.05) is 0 Å². The molecule has 1 heterocycles. The zero-order valence-electron chi connectivity index (χ0n) is 9.65. The highest BCUT2D eigenvalue weighted by atomic mass is 16.3. The molecule has 5 nitrogen and oxygen atoms in total. The third kappa shape index (κ3) is 1.47. The molecule has 0 fully saturated rings. The maximum atomic E-state index is 12.0. The van der Waals surface area contributed by atoms with Crippen LogP contribution in [-0.4, -0.2) is 26.3 Å². The lowest BCUT2D eigenvalue weighted by Crippen LogP contribution is -2.17. The first-order valence-corrected chi connectivity index (χ1v) is 5.22. The number of nitrogens with zero attached hydrogens (tertiary/aromatic N) is 1. The smallest absolute Gasteiger partial charge is 0.203 e. The molecule has 0 amide bonds. The third-order valence-corrected chi connectivity index (χ3v) is 3.10. The maximum absolute atomic E-state index is 12.0. The fraction of sp³-hybridized carbons (Fsp3) is 0.333. The number of carbonyl (C=O) groups excluding carboxylic acids is 2. The average molecular weight is 235 g/mol. The van der Waals surface area contributed by atoms with E-state index in [1.165, 1.54) is 10.6 Å². The Labute approximate surface area is 98.0 Å². The predicted molar refractivity (Wildman–Crippen MR) is 59.7 cm³/mol. The van der Waals surface area contributed by atoms with Gasteiger partial charge in [0.15, 0.2) is 5.78 Å². The molecule has 1 aliphatic rings. The van der Waals surface area contributed by atoms with E-state index in [2.05, 4.69) is 0 Å². The number of allylic oxidation sites excluding steroid dienone is 2. The van der Waals surface area contributed by atoms with E-state index in [0.717, 1.165) is 0 Å². The van der Waals surface area contributed by atoms with Gasteiger partial charge in [-0.2, -0.15) is 0 Å². The molecule has 1 aromatic heterocycles. The van der Waals surface area contributed by atoms with Gasteiger partial charge >= 0.3 is 0 Å². The first-order chi connectivity index (χ1) is 8.02. The van der Waals surface area contributed by atoms with E-state index in [9.17, 15) is 19.8 Å². The van der Waals surface area contributed by atoms with Gasteiger partial charge < -0.3 is 14.8 Å². The second-order valence-electron chi connectivity index (χ2n) is 4.04. The fourth-order valence-electron chi connectivity index (χ4n) is 2.22. The highest BCUT2D eigenvalue weighted by Crippen LogP contribution is 2.29. The monoisotopic (exact) mass is 235 g/mol. The second-order valence-corrected chi connectivity index (χ2v) is 4.04. The summed E-state index contributed by atoms with van der Waals surface area (Å²) in [6, 6.07) is 0. The summed E-state index contributed by atoms with van der Waals surface area (Å²) in [5.41, 5.74) is 1.57. The van der Waals surface area contributed by atoms with Crippen molar-refractivity contribution in [3.05, 3.63) is 34.2 Å². The number of carbonyl (C=O) groups is 2. The molecule has 0 spiro atoms. The van der Waals surface area contributed by atoms with Crippen molar-refractivity contribution in [3.63, 3.8) is 0 Å². The summed E-state index contributed by atoms with van der Waals surface area (Å²) in [5, 5.41) is 18.5. The van der Waals surface area contributed by atoms with E-state index in [-0.39, 0.29) is 36.0 Å². The molecule has 0 aromatic carbocycles. The van der Waals surface area contributed by atoms with Crippen molar-refractivity contribution in [2.24, 2.45) is 7.05 Å². The Morgan fingerprint density at radius 3 is 2.41 bits per heavy atom. The Hall–Kier alpha value is -1.72. The van der Waals surface area contributed by atoms with Crippen molar-refractivity contribution in [2.75, 3.05) is 0 Å². The van der Waals surface area contributed by atoms with Gasteiger partial charge in [-0.15, -0.1) is 0 Å². The number of fused-ring (bicyclic) bond motifs is 1. The van der Waals surface area contributed by atoms with Crippen molar-refractivity contribution in [1.29, 1.82) is 0 Å². The third-order valence-electron chi connectivity index (χ3n) is 3.10. The molecule has 2 N–H and O–H groups in total. The summed E-state index contributed by atoms with van der Waals surface area (Å²) in [6.45, 7) is 0.875. The molecule has 0 unspecified atom stereocenters. The van der Waals surface area contributed by atoms with Crippen LogP contribution in [0.1, 0.15) is 39.0 Å². The number of aliphatic hydroxyl groups excluding tert-OH is 2. The Balaban J connectivity index is 2.81. The van der Waals surface area contributed by atoms with Crippen LogP contribution in [0.2, 0.25) is 0 Å². The first kappa shape index (κ1) is 11.8. The van der Waals surface area contributed by atoms with Crippen molar-refractivity contribution < 1.29 is 19.8 Å². The molecule has 0 saturated carbocycles. The number of aliphatic hydroxyl groups is 2. The molecule has 0 atom stereocenters. The van der Waals surface area contributed by atoms with Crippen molar-refractivity contribution >= 4 is 11.6 Å². The number of hydrogen-bond acceptors (Lipinski definition) is 4. The molecular weight excluding hydrogens is 222 g/mol. The van der Waals surface area contributed by atoms with E-state index in [4.69, 9.17) is 0 Å². The van der Waals surface area contributed by atoms with Crippen LogP contribution < -0.4 is 0 Å². The van der Waals surface area contributed by atoms with Crippen molar-refractivity contribution in [1.82, 2.24) is 4.57 Å². The quantitative estimate of drug-likeness (QED) is 0.774. The minimum absolute atomic E-state index is 0.226. The Morgan fingerprint density at radius 2 is 1.88 bits per heavy atom. The van der Waals surface area contributed by atoms with Gasteiger partial charge in [0.25, 0.3) is 0 Å². The van der Waals surface area contributed by atoms with Crippen LogP contribution >= 0.6 is 0 Å². The standard InChI is InChI=1S/C12H13NO4/c1-6-3-9(16)11-10(12(6)17)7(4-14)8(5-15)13(11)2/h3,14-15H,4-5H2,1-2H3. The summed E-state index contributed by atoms with van der Waals surface area (Å²) in [5.74, 6) is -0.534. The fourth-order valence-corrected chi connectivity index (χ4v) is 2.22.